The van der Waals surface area contributed by atoms with Gasteiger partial charge in [-0.2, -0.15) is 0 Å². The Morgan fingerprint density at radius 1 is 0.955 bits per heavy atom. The molecule has 118 valence electrons. The lowest BCUT2D eigenvalue weighted by Crippen LogP contribution is -2.06. The molecule has 0 radical (unpaired) electrons. The molecule has 0 aliphatic heterocycles. The van der Waals surface area contributed by atoms with Gasteiger partial charge in [0.15, 0.2) is 0 Å². The smallest absolute Gasteiger partial charge is 0.127 e. The fourth-order valence-corrected chi connectivity index (χ4v) is 2.69. The van der Waals surface area contributed by atoms with Crippen molar-refractivity contribution in [1.29, 1.82) is 0 Å². The molecule has 2 aromatic carbocycles. The molecule has 0 spiro atoms. The van der Waals surface area contributed by atoms with Crippen LogP contribution >= 0.6 is 0 Å². The number of benzene rings is 2. The van der Waals surface area contributed by atoms with Crippen molar-refractivity contribution in [3.8, 4) is 22.6 Å². The van der Waals surface area contributed by atoms with Gasteiger partial charge >= 0.3 is 0 Å². The average Bonchev–Trinajstić information content (AvgIpc) is 2.52. The highest BCUT2D eigenvalue weighted by atomic mass is 16.5. The number of phenols is 2. The highest BCUT2D eigenvalue weighted by Gasteiger charge is 2.17. The van der Waals surface area contributed by atoms with Crippen LogP contribution in [0.1, 0.15) is 18.1 Å². The molecule has 4 heteroatoms. The zero-order chi connectivity index (χ0) is 15.9. The Kier molecular flexibility index (Phi) is 5.81. The van der Waals surface area contributed by atoms with Gasteiger partial charge in [0.05, 0.1) is 19.8 Å². The van der Waals surface area contributed by atoms with E-state index in [0.717, 1.165) is 22.3 Å². The first-order valence-electron chi connectivity index (χ1n) is 7.49. The summed E-state index contributed by atoms with van der Waals surface area (Å²) >= 11 is 0. The van der Waals surface area contributed by atoms with Gasteiger partial charge in [-0.25, -0.2) is 0 Å². The van der Waals surface area contributed by atoms with E-state index in [9.17, 15) is 10.2 Å². The quantitative estimate of drug-likeness (QED) is 0.688. The van der Waals surface area contributed by atoms with Gasteiger partial charge in [-0.1, -0.05) is 37.3 Å². The molecule has 0 aliphatic rings. The van der Waals surface area contributed by atoms with Crippen molar-refractivity contribution in [2.45, 2.75) is 19.8 Å². The number of rotatable bonds is 7. The summed E-state index contributed by atoms with van der Waals surface area (Å²) in [6, 6.07) is 11.0. The van der Waals surface area contributed by atoms with Crippen molar-refractivity contribution >= 4 is 0 Å². The summed E-state index contributed by atoms with van der Waals surface area (Å²) < 4.78 is 5.34. The molecule has 0 heterocycles. The standard InChI is InChI=1S/C18H22O4/c1-2-14-15(8-10-22-11-9-19)18(17(21)12-16(14)20)13-6-4-3-5-7-13/h3-7,12,19-21H,2,8-11H2,1H3. The zero-order valence-corrected chi connectivity index (χ0v) is 12.7. The van der Waals surface area contributed by atoms with Crippen molar-refractivity contribution in [2.75, 3.05) is 19.8 Å². The van der Waals surface area contributed by atoms with E-state index in [1.807, 2.05) is 37.3 Å². The summed E-state index contributed by atoms with van der Waals surface area (Å²) in [4.78, 5) is 0. The molecule has 0 amide bonds. The van der Waals surface area contributed by atoms with E-state index in [0.29, 0.717) is 19.4 Å². The molecule has 0 saturated carbocycles. The monoisotopic (exact) mass is 302 g/mol. The van der Waals surface area contributed by atoms with E-state index in [2.05, 4.69) is 0 Å². The lowest BCUT2D eigenvalue weighted by atomic mass is 9.91. The fourth-order valence-electron chi connectivity index (χ4n) is 2.69. The van der Waals surface area contributed by atoms with Crippen LogP contribution in [0.2, 0.25) is 0 Å². The maximum atomic E-state index is 10.3. The minimum absolute atomic E-state index is 0.0164. The number of aromatic hydroxyl groups is 2. The first-order chi connectivity index (χ1) is 10.7. The molecule has 0 unspecified atom stereocenters. The molecule has 0 bridgehead atoms. The topological polar surface area (TPSA) is 69.9 Å². The van der Waals surface area contributed by atoms with Crippen LogP contribution in [0.5, 0.6) is 11.5 Å². The van der Waals surface area contributed by atoms with Crippen LogP contribution in [0.15, 0.2) is 36.4 Å². The number of ether oxygens (including phenoxy) is 1. The third kappa shape index (κ3) is 3.59. The van der Waals surface area contributed by atoms with Gasteiger partial charge < -0.3 is 20.1 Å². The van der Waals surface area contributed by atoms with Gasteiger partial charge in [-0.15, -0.1) is 0 Å². The lowest BCUT2D eigenvalue weighted by Gasteiger charge is -2.17. The van der Waals surface area contributed by atoms with Gasteiger partial charge in [-0.05, 0) is 29.5 Å². The van der Waals surface area contributed by atoms with Crippen LogP contribution in [-0.4, -0.2) is 35.1 Å². The van der Waals surface area contributed by atoms with Crippen molar-refractivity contribution in [3.05, 3.63) is 47.5 Å². The molecule has 22 heavy (non-hydrogen) atoms. The Morgan fingerprint density at radius 3 is 2.32 bits per heavy atom. The van der Waals surface area contributed by atoms with E-state index in [4.69, 9.17) is 9.84 Å². The van der Waals surface area contributed by atoms with Crippen LogP contribution in [0.4, 0.5) is 0 Å². The molecule has 4 nitrogen and oxygen atoms in total. The SMILES string of the molecule is CCc1c(O)cc(O)c(-c2ccccc2)c1CCOCCO. The third-order valence-electron chi connectivity index (χ3n) is 3.65. The first-order valence-corrected chi connectivity index (χ1v) is 7.49. The number of aliphatic hydroxyl groups excluding tert-OH is 1. The normalized spacial score (nSPS) is 10.8. The van der Waals surface area contributed by atoms with Crippen LogP contribution in [0.25, 0.3) is 11.1 Å². The molecule has 2 rings (SSSR count). The van der Waals surface area contributed by atoms with E-state index in [1.54, 1.807) is 0 Å². The largest absolute Gasteiger partial charge is 0.508 e. The van der Waals surface area contributed by atoms with E-state index in [-0.39, 0.29) is 24.7 Å². The average molecular weight is 302 g/mol. The van der Waals surface area contributed by atoms with Crippen LogP contribution in [-0.2, 0) is 17.6 Å². The van der Waals surface area contributed by atoms with Crippen LogP contribution in [0, 0.1) is 0 Å². The molecule has 2 aromatic rings. The summed E-state index contributed by atoms with van der Waals surface area (Å²) in [5.74, 6) is 0.176. The van der Waals surface area contributed by atoms with E-state index in [1.165, 1.54) is 6.07 Å². The summed E-state index contributed by atoms with van der Waals surface area (Å²) in [6.45, 7) is 2.67. The second-order valence-corrected chi connectivity index (χ2v) is 5.05. The molecule has 0 saturated heterocycles. The molecule has 0 aromatic heterocycles. The molecule has 3 N–H and O–H groups in total. The maximum Gasteiger partial charge on any atom is 0.127 e. The van der Waals surface area contributed by atoms with Crippen molar-refractivity contribution in [1.82, 2.24) is 0 Å². The van der Waals surface area contributed by atoms with Gasteiger partial charge in [-0.3, -0.25) is 0 Å². The number of hydrogen-bond acceptors (Lipinski definition) is 4. The lowest BCUT2D eigenvalue weighted by molar-refractivity contribution is 0.0943. The van der Waals surface area contributed by atoms with E-state index >= 15 is 0 Å². The third-order valence-corrected chi connectivity index (χ3v) is 3.65. The molecular weight excluding hydrogens is 280 g/mol. The second kappa shape index (κ2) is 7.82. The minimum atomic E-state index is -0.0164. The van der Waals surface area contributed by atoms with Gasteiger partial charge in [0.2, 0.25) is 0 Å². The molecule has 0 aliphatic carbocycles. The Balaban J connectivity index is 2.46. The Morgan fingerprint density at radius 2 is 1.68 bits per heavy atom. The molecular formula is C18H22O4. The molecule has 0 atom stereocenters. The number of phenolic OH excluding ortho intramolecular Hbond substituents is 2. The van der Waals surface area contributed by atoms with Crippen molar-refractivity contribution in [2.24, 2.45) is 0 Å². The highest BCUT2D eigenvalue weighted by Crippen LogP contribution is 2.39. The van der Waals surface area contributed by atoms with Crippen molar-refractivity contribution in [3.63, 3.8) is 0 Å². The predicted octanol–water partition coefficient (Wildman–Crippen LogP) is 2.88. The number of hydrogen-bond donors (Lipinski definition) is 3. The van der Waals surface area contributed by atoms with Crippen molar-refractivity contribution < 1.29 is 20.1 Å². The Bertz CT molecular complexity index is 608. The van der Waals surface area contributed by atoms with Gasteiger partial charge in [0, 0.05) is 11.6 Å². The number of aliphatic hydroxyl groups is 1. The minimum Gasteiger partial charge on any atom is -0.508 e. The summed E-state index contributed by atoms with van der Waals surface area (Å²) in [7, 11) is 0. The summed E-state index contributed by atoms with van der Waals surface area (Å²) in [6.07, 6.45) is 1.23. The first kappa shape index (κ1) is 16.3. The maximum absolute atomic E-state index is 10.3. The van der Waals surface area contributed by atoms with Gasteiger partial charge in [0.1, 0.15) is 11.5 Å². The Hall–Kier alpha value is -2.04. The van der Waals surface area contributed by atoms with Gasteiger partial charge in [0.25, 0.3) is 0 Å². The summed E-state index contributed by atoms with van der Waals surface area (Å²) in [5.41, 5.74) is 3.36. The highest BCUT2D eigenvalue weighted by molar-refractivity contribution is 5.76. The second-order valence-electron chi connectivity index (χ2n) is 5.05. The van der Waals surface area contributed by atoms with Crippen LogP contribution in [0.3, 0.4) is 0 Å². The summed E-state index contributed by atoms with van der Waals surface area (Å²) in [5, 5.41) is 29.2. The van der Waals surface area contributed by atoms with Crippen LogP contribution < -0.4 is 0 Å². The Labute approximate surface area is 130 Å². The fraction of sp³-hybridized carbons (Fsp3) is 0.333. The predicted molar refractivity (Wildman–Crippen MR) is 86.2 cm³/mol. The van der Waals surface area contributed by atoms with E-state index < -0.39 is 0 Å². The zero-order valence-electron chi connectivity index (χ0n) is 12.7. The molecule has 0 fully saturated rings.